The van der Waals surface area contributed by atoms with E-state index >= 15 is 0 Å². The third kappa shape index (κ3) is 2.45. The molecule has 0 saturated carbocycles. The second kappa shape index (κ2) is 3.85. The van der Waals surface area contributed by atoms with Crippen LogP contribution in [0.2, 0.25) is 0 Å². The van der Waals surface area contributed by atoms with Crippen molar-refractivity contribution in [1.29, 1.82) is 0 Å². The summed E-state index contributed by atoms with van der Waals surface area (Å²) in [5.41, 5.74) is 1.03. The van der Waals surface area contributed by atoms with Crippen molar-refractivity contribution in [3.05, 3.63) is 29.8 Å². The Morgan fingerprint density at radius 1 is 1.08 bits per heavy atom. The molecule has 0 aromatic heterocycles. The Kier molecular flexibility index (Phi) is 3.65. The van der Waals surface area contributed by atoms with Gasteiger partial charge in [-0.3, -0.25) is 0 Å². The highest BCUT2D eigenvalue weighted by atomic mass is 32.1. The van der Waals surface area contributed by atoms with E-state index in [0.29, 0.717) is 5.75 Å². The summed E-state index contributed by atoms with van der Waals surface area (Å²) in [7, 11) is 0. The zero-order valence-corrected chi connectivity index (χ0v) is 8.76. The van der Waals surface area contributed by atoms with Crippen LogP contribution in [0.3, 0.4) is 0 Å². The number of hydrogen-bond acceptors (Lipinski definition) is 1. The van der Waals surface area contributed by atoms with Crippen molar-refractivity contribution in [2.45, 2.75) is 26.2 Å². The summed E-state index contributed by atoms with van der Waals surface area (Å²) < 4.78 is 0. The molecule has 0 amide bonds. The highest BCUT2D eigenvalue weighted by molar-refractivity contribution is 7.59. The normalized spacial score (nSPS) is 10.6. The SMILES string of the molecule is CC(C)(C)c1ccccc1O.S. The number of para-hydroxylation sites is 1. The molecule has 0 heterocycles. The molecule has 0 unspecified atom stereocenters. The number of hydrogen-bond donors (Lipinski definition) is 1. The van der Waals surface area contributed by atoms with Gasteiger partial charge in [-0.2, -0.15) is 13.5 Å². The van der Waals surface area contributed by atoms with Crippen molar-refractivity contribution < 1.29 is 5.11 Å². The van der Waals surface area contributed by atoms with Gasteiger partial charge in [0.2, 0.25) is 0 Å². The molecule has 2 heteroatoms. The van der Waals surface area contributed by atoms with Crippen molar-refractivity contribution in [3.63, 3.8) is 0 Å². The average Bonchev–Trinajstić information content (AvgIpc) is 1.86. The van der Waals surface area contributed by atoms with E-state index in [-0.39, 0.29) is 18.9 Å². The maximum atomic E-state index is 9.45. The largest absolute Gasteiger partial charge is 0.508 e. The molecule has 12 heavy (non-hydrogen) atoms. The first-order valence-electron chi connectivity index (χ1n) is 3.80. The summed E-state index contributed by atoms with van der Waals surface area (Å²) in [5, 5.41) is 9.45. The number of rotatable bonds is 0. The first-order chi connectivity index (χ1) is 5.02. The molecule has 1 rings (SSSR count). The van der Waals surface area contributed by atoms with Crippen LogP contribution in [0.15, 0.2) is 24.3 Å². The van der Waals surface area contributed by atoms with Gasteiger partial charge < -0.3 is 5.11 Å². The summed E-state index contributed by atoms with van der Waals surface area (Å²) in [6.45, 7) is 6.26. The Labute approximate surface area is 80.9 Å². The summed E-state index contributed by atoms with van der Waals surface area (Å²) in [4.78, 5) is 0. The molecule has 0 aliphatic carbocycles. The molecule has 0 aliphatic rings. The number of benzene rings is 1. The zero-order valence-electron chi connectivity index (χ0n) is 7.76. The zero-order chi connectivity index (χ0) is 8.48. The van der Waals surface area contributed by atoms with E-state index in [9.17, 15) is 5.11 Å². The molecule has 0 aliphatic heterocycles. The van der Waals surface area contributed by atoms with Crippen LogP contribution in [0, 0.1) is 0 Å². The highest BCUT2D eigenvalue weighted by Gasteiger charge is 2.16. The standard InChI is InChI=1S/C10H14O.H2S/c1-10(2,3)8-6-4-5-7-9(8)11;/h4-7,11H,1-3H3;1H2. The first-order valence-corrected chi connectivity index (χ1v) is 3.80. The Balaban J connectivity index is 0.00000121. The van der Waals surface area contributed by atoms with Gasteiger partial charge in [-0.25, -0.2) is 0 Å². The maximum Gasteiger partial charge on any atom is 0.119 e. The molecule has 1 N–H and O–H groups in total. The summed E-state index contributed by atoms with van der Waals surface area (Å²) in [6, 6.07) is 7.46. The van der Waals surface area contributed by atoms with Crippen LogP contribution in [0.5, 0.6) is 5.75 Å². The van der Waals surface area contributed by atoms with E-state index < -0.39 is 0 Å². The lowest BCUT2D eigenvalue weighted by Crippen LogP contribution is -2.10. The molecular formula is C10H16OS. The fourth-order valence-corrected chi connectivity index (χ4v) is 1.11. The van der Waals surface area contributed by atoms with Gasteiger partial charge in [-0.1, -0.05) is 39.0 Å². The smallest absolute Gasteiger partial charge is 0.119 e. The van der Waals surface area contributed by atoms with Crippen LogP contribution in [0.1, 0.15) is 26.3 Å². The van der Waals surface area contributed by atoms with Crippen LogP contribution in [0.4, 0.5) is 0 Å². The summed E-state index contributed by atoms with van der Waals surface area (Å²) in [5.74, 6) is 0.389. The van der Waals surface area contributed by atoms with Crippen LogP contribution in [-0.4, -0.2) is 5.11 Å². The average molecular weight is 184 g/mol. The second-order valence-electron chi connectivity index (χ2n) is 3.77. The molecule has 1 nitrogen and oxygen atoms in total. The van der Waals surface area contributed by atoms with Crippen molar-refractivity contribution in [2.75, 3.05) is 0 Å². The van der Waals surface area contributed by atoms with Crippen molar-refractivity contribution >= 4 is 13.5 Å². The van der Waals surface area contributed by atoms with Gasteiger partial charge in [0.05, 0.1) is 0 Å². The first kappa shape index (κ1) is 11.4. The molecule has 0 atom stereocenters. The molecule has 0 fully saturated rings. The fourth-order valence-electron chi connectivity index (χ4n) is 1.11. The molecule has 1 aromatic rings. The van der Waals surface area contributed by atoms with Gasteiger partial charge in [0.25, 0.3) is 0 Å². The van der Waals surface area contributed by atoms with Gasteiger partial charge in [0.1, 0.15) is 5.75 Å². The topological polar surface area (TPSA) is 20.2 Å². The van der Waals surface area contributed by atoms with Crippen LogP contribution < -0.4 is 0 Å². The molecule has 1 aromatic carbocycles. The second-order valence-corrected chi connectivity index (χ2v) is 3.77. The fraction of sp³-hybridized carbons (Fsp3) is 0.400. The van der Waals surface area contributed by atoms with Crippen molar-refractivity contribution in [1.82, 2.24) is 0 Å². The molecule has 0 spiro atoms. The Morgan fingerprint density at radius 3 is 1.92 bits per heavy atom. The van der Waals surface area contributed by atoms with E-state index in [1.165, 1.54) is 0 Å². The quantitative estimate of drug-likeness (QED) is 0.657. The molecule has 0 saturated heterocycles. The van der Waals surface area contributed by atoms with E-state index in [2.05, 4.69) is 20.8 Å². The van der Waals surface area contributed by atoms with E-state index in [0.717, 1.165) is 5.56 Å². The number of phenolic OH excluding ortho intramolecular Hbond substituents is 1. The number of aromatic hydroxyl groups is 1. The minimum absolute atomic E-state index is 0. The summed E-state index contributed by atoms with van der Waals surface area (Å²) in [6.07, 6.45) is 0. The Hall–Kier alpha value is -0.630. The number of phenols is 1. The Morgan fingerprint density at radius 2 is 1.58 bits per heavy atom. The molecule has 0 bridgehead atoms. The molecule has 68 valence electrons. The van der Waals surface area contributed by atoms with Gasteiger partial charge in [-0.05, 0) is 17.0 Å². The van der Waals surface area contributed by atoms with Crippen LogP contribution >= 0.6 is 13.5 Å². The lowest BCUT2D eigenvalue weighted by atomic mass is 9.86. The van der Waals surface area contributed by atoms with Gasteiger partial charge in [0, 0.05) is 0 Å². The maximum absolute atomic E-state index is 9.45. The lowest BCUT2D eigenvalue weighted by Gasteiger charge is -2.19. The predicted molar refractivity (Wildman–Crippen MR) is 57.2 cm³/mol. The van der Waals surface area contributed by atoms with E-state index in [4.69, 9.17) is 0 Å². The summed E-state index contributed by atoms with van der Waals surface area (Å²) >= 11 is 0. The third-order valence-electron chi connectivity index (χ3n) is 1.71. The van der Waals surface area contributed by atoms with Gasteiger partial charge in [0.15, 0.2) is 0 Å². The van der Waals surface area contributed by atoms with Crippen LogP contribution in [0.25, 0.3) is 0 Å². The lowest BCUT2D eigenvalue weighted by molar-refractivity contribution is 0.447. The minimum Gasteiger partial charge on any atom is -0.508 e. The molecule has 0 radical (unpaired) electrons. The van der Waals surface area contributed by atoms with E-state index in [1.54, 1.807) is 6.07 Å². The highest BCUT2D eigenvalue weighted by Crippen LogP contribution is 2.29. The van der Waals surface area contributed by atoms with Crippen molar-refractivity contribution in [2.24, 2.45) is 0 Å². The minimum atomic E-state index is 0. The Bertz CT molecular complexity index is 250. The predicted octanol–water partition coefficient (Wildman–Crippen LogP) is 2.80. The van der Waals surface area contributed by atoms with Crippen LogP contribution in [-0.2, 0) is 5.41 Å². The molecular weight excluding hydrogens is 168 g/mol. The third-order valence-corrected chi connectivity index (χ3v) is 1.71. The monoisotopic (exact) mass is 184 g/mol. The van der Waals surface area contributed by atoms with Crippen molar-refractivity contribution in [3.8, 4) is 5.75 Å². The van der Waals surface area contributed by atoms with Gasteiger partial charge in [-0.15, -0.1) is 0 Å². The van der Waals surface area contributed by atoms with E-state index in [1.807, 2.05) is 18.2 Å². The van der Waals surface area contributed by atoms with Gasteiger partial charge >= 0.3 is 0 Å².